The molecule has 1 amide bonds. The van der Waals surface area contributed by atoms with E-state index < -0.39 is 0 Å². The van der Waals surface area contributed by atoms with Gasteiger partial charge in [-0.1, -0.05) is 36.7 Å². The molecule has 0 aliphatic rings. The highest BCUT2D eigenvalue weighted by molar-refractivity contribution is 7.14. The molecule has 2 nitrogen and oxygen atoms in total. The van der Waals surface area contributed by atoms with Crippen molar-refractivity contribution in [2.45, 2.75) is 26.8 Å². The van der Waals surface area contributed by atoms with Crippen LogP contribution in [0.2, 0.25) is 5.02 Å². The molecule has 4 heteroatoms. The van der Waals surface area contributed by atoms with E-state index in [0.717, 1.165) is 16.9 Å². The minimum atomic E-state index is -0.0345. The van der Waals surface area contributed by atoms with Crippen molar-refractivity contribution in [1.29, 1.82) is 0 Å². The molecule has 2 aromatic rings. The van der Waals surface area contributed by atoms with Crippen LogP contribution in [0.4, 0.5) is 0 Å². The third-order valence-electron chi connectivity index (χ3n) is 2.96. The number of benzene rings is 1. The Balaban J connectivity index is 2.03. The molecule has 1 heterocycles. The van der Waals surface area contributed by atoms with Gasteiger partial charge in [0.15, 0.2) is 0 Å². The number of hydrogen-bond acceptors (Lipinski definition) is 2. The number of halogens is 1. The van der Waals surface area contributed by atoms with Gasteiger partial charge in [0.05, 0.1) is 4.88 Å². The van der Waals surface area contributed by atoms with Gasteiger partial charge >= 0.3 is 0 Å². The first kappa shape index (κ1) is 14.1. The summed E-state index contributed by atoms with van der Waals surface area (Å²) in [5, 5.41) is 3.59. The molecule has 1 N–H and O–H groups in total. The summed E-state index contributed by atoms with van der Waals surface area (Å²) in [5.41, 5.74) is 2.12. The largest absolute Gasteiger partial charge is 0.347 e. The van der Waals surface area contributed by atoms with Crippen molar-refractivity contribution in [2.75, 3.05) is 0 Å². The normalized spacial score (nSPS) is 10.5. The highest BCUT2D eigenvalue weighted by Gasteiger charge is 2.11. The van der Waals surface area contributed by atoms with Crippen molar-refractivity contribution < 1.29 is 4.79 Å². The topological polar surface area (TPSA) is 29.1 Å². The van der Waals surface area contributed by atoms with Crippen molar-refractivity contribution in [1.82, 2.24) is 5.32 Å². The van der Waals surface area contributed by atoms with Crippen LogP contribution in [0, 0.1) is 6.92 Å². The molecule has 0 radical (unpaired) electrons. The van der Waals surface area contributed by atoms with Gasteiger partial charge in [0.2, 0.25) is 0 Å². The van der Waals surface area contributed by atoms with Gasteiger partial charge in [-0.05, 0) is 36.6 Å². The van der Waals surface area contributed by atoms with Crippen LogP contribution in [-0.2, 0) is 13.0 Å². The van der Waals surface area contributed by atoms with Crippen molar-refractivity contribution in [3.05, 3.63) is 56.2 Å². The maximum absolute atomic E-state index is 12.1. The Hall–Kier alpha value is -1.32. The fraction of sp³-hybridized carbons (Fsp3) is 0.267. The van der Waals surface area contributed by atoms with E-state index in [4.69, 9.17) is 11.6 Å². The summed E-state index contributed by atoms with van der Waals surface area (Å²) in [5.74, 6) is -0.0345. The maximum Gasteiger partial charge on any atom is 0.261 e. The van der Waals surface area contributed by atoms with Crippen LogP contribution in [0.25, 0.3) is 0 Å². The molecular weight excluding hydrogens is 278 g/mol. The molecule has 0 fully saturated rings. The van der Waals surface area contributed by atoms with Gasteiger partial charge in [-0.2, -0.15) is 0 Å². The van der Waals surface area contributed by atoms with Gasteiger partial charge < -0.3 is 5.32 Å². The quantitative estimate of drug-likeness (QED) is 0.899. The second-order valence-corrected chi connectivity index (χ2v) is 5.89. The second-order valence-electron chi connectivity index (χ2n) is 4.34. The van der Waals surface area contributed by atoms with E-state index in [1.54, 1.807) is 11.3 Å². The molecule has 19 heavy (non-hydrogen) atoms. The number of rotatable bonds is 4. The first-order valence-electron chi connectivity index (χ1n) is 6.22. The fourth-order valence-electron chi connectivity index (χ4n) is 1.89. The average molecular weight is 294 g/mol. The number of aryl methyl sites for hydroxylation is 2. The summed E-state index contributed by atoms with van der Waals surface area (Å²) in [6.45, 7) is 4.60. The summed E-state index contributed by atoms with van der Waals surface area (Å²) in [6, 6.07) is 9.49. The SMILES string of the molecule is CCc1sc(C(=O)NCc2ccccc2Cl)cc1C. The number of hydrogen-bond donors (Lipinski definition) is 1. The van der Waals surface area contributed by atoms with E-state index in [1.165, 1.54) is 10.4 Å². The Morgan fingerprint density at radius 3 is 2.74 bits per heavy atom. The standard InChI is InChI=1S/C15H16ClNOS/c1-3-13-10(2)8-14(19-13)15(18)17-9-11-6-4-5-7-12(11)16/h4-8H,3,9H2,1-2H3,(H,17,18). The Kier molecular flexibility index (Phi) is 4.61. The summed E-state index contributed by atoms with van der Waals surface area (Å²) in [6.07, 6.45) is 0.967. The lowest BCUT2D eigenvalue weighted by atomic mass is 10.2. The number of carbonyl (C=O) groups excluding carboxylic acids is 1. The molecule has 1 aromatic carbocycles. The molecule has 1 aromatic heterocycles. The smallest absolute Gasteiger partial charge is 0.261 e. The molecule has 0 bridgehead atoms. The Morgan fingerprint density at radius 1 is 1.37 bits per heavy atom. The molecule has 0 spiro atoms. The van der Waals surface area contributed by atoms with Crippen LogP contribution in [0.15, 0.2) is 30.3 Å². The third kappa shape index (κ3) is 3.37. The van der Waals surface area contributed by atoms with Crippen LogP contribution in [0.3, 0.4) is 0 Å². The fourth-order valence-corrected chi connectivity index (χ4v) is 3.12. The van der Waals surface area contributed by atoms with Crippen molar-refractivity contribution in [2.24, 2.45) is 0 Å². The summed E-state index contributed by atoms with van der Waals surface area (Å²) in [4.78, 5) is 14.1. The molecule has 0 aliphatic carbocycles. The van der Waals surface area contributed by atoms with Crippen LogP contribution >= 0.6 is 22.9 Å². The Labute approximate surface area is 122 Å². The van der Waals surface area contributed by atoms with Gasteiger partial charge in [0, 0.05) is 16.4 Å². The first-order chi connectivity index (χ1) is 9.11. The molecule has 2 rings (SSSR count). The van der Waals surface area contributed by atoms with Gasteiger partial charge in [-0.25, -0.2) is 0 Å². The molecule has 100 valence electrons. The highest BCUT2D eigenvalue weighted by Crippen LogP contribution is 2.22. The van der Waals surface area contributed by atoms with Gasteiger partial charge in [0.25, 0.3) is 5.91 Å². The van der Waals surface area contributed by atoms with Crippen molar-refractivity contribution >= 4 is 28.8 Å². The minimum absolute atomic E-state index is 0.0345. The predicted octanol–water partition coefficient (Wildman–Crippen LogP) is 4.20. The molecule has 0 saturated heterocycles. The van der Waals surface area contributed by atoms with E-state index in [9.17, 15) is 4.79 Å². The second kappa shape index (κ2) is 6.22. The van der Waals surface area contributed by atoms with E-state index in [1.807, 2.05) is 37.3 Å². The van der Waals surface area contributed by atoms with E-state index in [0.29, 0.717) is 11.6 Å². The average Bonchev–Trinajstić information content (AvgIpc) is 2.79. The lowest BCUT2D eigenvalue weighted by Gasteiger charge is -2.05. The van der Waals surface area contributed by atoms with Crippen molar-refractivity contribution in [3.8, 4) is 0 Å². The monoisotopic (exact) mass is 293 g/mol. The zero-order valence-electron chi connectivity index (χ0n) is 11.0. The van der Waals surface area contributed by atoms with Crippen LogP contribution in [0.5, 0.6) is 0 Å². The van der Waals surface area contributed by atoms with Gasteiger partial charge in [0.1, 0.15) is 0 Å². The van der Waals surface area contributed by atoms with Gasteiger partial charge in [-0.15, -0.1) is 11.3 Å². The van der Waals surface area contributed by atoms with Gasteiger partial charge in [-0.3, -0.25) is 4.79 Å². The van der Waals surface area contributed by atoms with Crippen LogP contribution < -0.4 is 5.32 Å². The summed E-state index contributed by atoms with van der Waals surface area (Å²) < 4.78 is 0. The zero-order chi connectivity index (χ0) is 13.8. The molecule has 0 unspecified atom stereocenters. The van der Waals surface area contributed by atoms with E-state index in [-0.39, 0.29) is 5.91 Å². The first-order valence-corrected chi connectivity index (χ1v) is 7.42. The van der Waals surface area contributed by atoms with Crippen molar-refractivity contribution in [3.63, 3.8) is 0 Å². The number of amides is 1. The lowest BCUT2D eigenvalue weighted by molar-refractivity contribution is 0.0955. The van der Waals surface area contributed by atoms with E-state index in [2.05, 4.69) is 12.2 Å². The van der Waals surface area contributed by atoms with E-state index >= 15 is 0 Å². The zero-order valence-corrected chi connectivity index (χ0v) is 12.6. The third-order valence-corrected chi connectivity index (χ3v) is 4.71. The number of nitrogens with one attached hydrogen (secondary N) is 1. The van der Waals surface area contributed by atoms with Crippen LogP contribution in [0.1, 0.15) is 32.6 Å². The Morgan fingerprint density at radius 2 is 2.11 bits per heavy atom. The maximum atomic E-state index is 12.1. The lowest BCUT2D eigenvalue weighted by Crippen LogP contribution is -2.21. The molecule has 0 saturated carbocycles. The number of carbonyl (C=O) groups is 1. The molecular formula is C15H16ClNOS. The molecule has 0 aliphatic heterocycles. The summed E-state index contributed by atoms with van der Waals surface area (Å²) in [7, 11) is 0. The predicted molar refractivity (Wildman–Crippen MR) is 81.1 cm³/mol. The Bertz CT molecular complexity index is 592. The minimum Gasteiger partial charge on any atom is -0.347 e. The highest BCUT2D eigenvalue weighted by atomic mass is 35.5. The molecule has 0 atom stereocenters. The number of thiophene rings is 1. The van der Waals surface area contributed by atoms with Crippen LogP contribution in [-0.4, -0.2) is 5.91 Å². The summed E-state index contributed by atoms with van der Waals surface area (Å²) >= 11 is 7.62.